The minimum absolute atomic E-state index is 0.222. The number of anilines is 2. The zero-order chi connectivity index (χ0) is 34.4. The predicted molar refractivity (Wildman–Crippen MR) is 212 cm³/mol. The Bertz CT molecular complexity index is 2770. The van der Waals surface area contributed by atoms with Crippen molar-refractivity contribution >= 4 is 67.6 Å². The smallest absolute Gasteiger partial charge is 0.414 e. The van der Waals surface area contributed by atoms with E-state index in [9.17, 15) is 5.02 Å². The van der Waals surface area contributed by atoms with E-state index in [0.29, 0.717) is 11.0 Å². The van der Waals surface area contributed by atoms with Gasteiger partial charge >= 0.3 is 7.05 Å². The normalized spacial score (nSPS) is 15.3. The van der Waals surface area contributed by atoms with Crippen molar-refractivity contribution in [3.63, 3.8) is 0 Å². The number of nitrogens with two attached hydrogens (primary N) is 1. The highest BCUT2D eigenvalue weighted by molar-refractivity contribution is 6.65. The Morgan fingerprint density at radius 2 is 1.33 bits per heavy atom. The van der Waals surface area contributed by atoms with E-state index in [-0.39, 0.29) is 5.41 Å². The molecule has 2 aromatic heterocycles. The summed E-state index contributed by atoms with van der Waals surface area (Å²) < 4.78 is 9.01. The molecule has 6 aromatic carbocycles. The Morgan fingerprint density at radius 3 is 2.18 bits per heavy atom. The number of hydrogen-bond acceptors (Lipinski definition) is 4. The second-order valence-corrected chi connectivity index (χ2v) is 14.3. The van der Waals surface area contributed by atoms with Crippen LogP contribution in [-0.4, -0.2) is 16.6 Å². The summed E-state index contributed by atoms with van der Waals surface area (Å²) in [4.78, 5) is 2.38. The third kappa shape index (κ3) is 4.37. The third-order valence-electron chi connectivity index (χ3n) is 11.1. The predicted octanol–water partition coefficient (Wildman–Crippen LogP) is 10.0. The average Bonchev–Trinajstić information content (AvgIpc) is 3.71. The van der Waals surface area contributed by atoms with Gasteiger partial charge in [-0.1, -0.05) is 105 Å². The molecular formula is C45H36BN3O2. The maximum absolute atomic E-state index is 10.4. The third-order valence-corrected chi connectivity index (χ3v) is 11.1. The van der Waals surface area contributed by atoms with Crippen LogP contribution in [0, 0.1) is 0 Å². The van der Waals surface area contributed by atoms with Crippen molar-refractivity contribution in [2.75, 3.05) is 4.90 Å². The van der Waals surface area contributed by atoms with Crippen molar-refractivity contribution in [3.8, 4) is 16.8 Å². The number of fused-ring (bicyclic) bond motifs is 8. The standard InChI is InChI=1S/C45H36BN3O2/c1-45(2)35-17-7-9-20-40(35)49(42-21-11-16-33-32-15-10-18-37(46(47)50)43(32)51-44(33)42)41-25-23-29(27-36(41)45)28-22-24-39-34(26-28)31-14-6-8-19-38(31)48(39)30-12-4-3-5-13-30/h3-6,8,10-27,50H,7,9,47H2,1-2H3. The van der Waals surface area contributed by atoms with Crippen molar-refractivity contribution in [3.05, 3.63) is 156 Å². The largest absolute Gasteiger partial charge is 0.454 e. The van der Waals surface area contributed by atoms with E-state index in [1.54, 1.807) is 0 Å². The number of hydrogen-bond donors (Lipinski definition) is 2. The number of rotatable bonds is 4. The van der Waals surface area contributed by atoms with Gasteiger partial charge in [0, 0.05) is 43.8 Å². The molecule has 0 fully saturated rings. The summed E-state index contributed by atoms with van der Waals surface area (Å²) in [5.74, 6) is 0. The molecule has 246 valence electrons. The summed E-state index contributed by atoms with van der Waals surface area (Å²) in [5, 5.41) is 14.8. The number of furan rings is 1. The lowest BCUT2D eigenvalue weighted by Gasteiger charge is -2.45. The highest BCUT2D eigenvalue weighted by Gasteiger charge is 2.41. The minimum Gasteiger partial charge on any atom is -0.454 e. The Kier molecular flexibility index (Phi) is 6.54. The summed E-state index contributed by atoms with van der Waals surface area (Å²) in [5.41, 5.74) is 19.6. The number of nitrogens with zero attached hydrogens (tertiary/aromatic N) is 2. The van der Waals surface area contributed by atoms with Crippen LogP contribution in [0.25, 0.3) is 60.6 Å². The van der Waals surface area contributed by atoms with Crippen LogP contribution in [0.2, 0.25) is 0 Å². The van der Waals surface area contributed by atoms with E-state index < -0.39 is 7.05 Å². The molecule has 10 rings (SSSR count). The molecule has 3 heterocycles. The Morgan fingerprint density at radius 1 is 0.647 bits per heavy atom. The van der Waals surface area contributed by atoms with Crippen molar-refractivity contribution < 1.29 is 9.44 Å². The molecule has 0 bridgehead atoms. The molecular weight excluding hydrogens is 625 g/mol. The van der Waals surface area contributed by atoms with Crippen molar-refractivity contribution in [1.29, 1.82) is 0 Å². The van der Waals surface area contributed by atoms with Crippen LogP contribution in [0.5, 0.6) is 0 Å². The van der Waals surface area contributed by atoms with Gasteiger partial charge in [0.2, 0.25) is 0 Å². The lowest BCUT2D eigenvalue weighted by atomic mass is 9.70. The summed E-state index contributed by atoms with van der Waals surface area (Å²) in [7, 11) is -1.13. The van der Waals surface area contributed by atoms with Gasteiger partial charge in [0.25, 0.3) is 0 Å². The highest BCUT2D eigenvalue weighted by atomic mass is 16.3. The number of allylic oxidation sites excluding steroid dienone is 3. The zero-order valence-electron chi connectivity index (χ0n) is 28.6. The first-order valence-corrected chi connectivity index (χ1v) is 17.7. The fraction of sp³-hybridized carbons (Fsp3) is 0.111. The molecule has 0 atom stereocenters. The molecule has 5 nitrogen and oxygen atoms in total. The van der Waals surface area contributed by atoms with Crippen LogP contribution in [0.15, 0.2) is 155 Å². The molecule has 1 aliphatic heterocycles. The summed E-state index contributed by atoms with van der Waals surface area (Å²) in [6.07, 6.45) is 6.79. The molecule has 0 unspecified atom stereocenters. The number of benzene rings is 6. The molecule has 2 aliphatic rings. The molecule has 0 amide bonds. The van der Waals surface area contributed by atoms with Crippen molar-refractivity contribution in [1.82, 2.24) is 4.57 Å². The summed E-state index contributed by atoms with van der Waals surface area (Å²) in [6, 6.07) is 45.3. The first kappa shape index (κ1) is 30.0. The van der Waals surface area contributed by atoms with E-state index in [0.717, 1.165) is 46.3 Å². The Hall–Kier alpha value is -5.82. The second-order valence-electron chi connectivity index (χ2n) is 14.3. The van der Waals surface area contributed by atoms with Gasteiger partial charge in [-0.15, -0.1) is 0 Å². The van der Waals surface area contributed by atoms with Gasteiger partial charge in [0.15, 0.2) is 5.58 Å². The lowest BCUT2D eigenvalue weighted by Crippen LogP contribution is -2.39. The maximum atomic E-state index is 10.4. The van der Waals surface area contributed by atoms with E-state index in [4.69, 9.17) is 10.1 Å². The SMILES string of the molecule is CC1(C)C2=CCCC=C2N(c2cccc3c2oc2c(B(N)O)cccc23)c2ccc(-c3ccc4c(c3)c3ccccc3n4-c3ccccc3)cc21. The molecule has 8 aromatic rings. The molecule has 51 heavy (non-hydrogen) atoms. The lowest BCUT2D eigenvalue weighted by molar-refractivity contribution is 0.586. The average molecular weight is 662 g/mol. The molecule has 6 heteroatoms. The zero-order valence-corrected chi connectivity index (χ0v) is 28.6. The topological polar surface area (TPSA) is 67.6 Å². The Labute approximate surface area is 296 Å². The van der Waals surface area contributed by atoms with Crippen LogP contribution >= 0.6 is 0 Å². The monoisotopic (exact) mass is 661 g/mol. The molecule has 0 radical (unpaired) electrons. The van der Waals surface area contributed by atoms with Crippen LogP contribution in [0.1, 0.15) is 32.3 Å². The molecule has 0 saturated heterocycles. The minimum atomic E-state index is -1.13. The van der Waals surface area contributed by atoms with Gasteiger partial charge in [-0.3, -0.25) is 0 Å². The van der Waals surface area contributed by atoms with Crippen molar-refractivity contribution in [2.45, 2.75) is 32.1 Å². The van der Waals surface area contributed by atoms with Gasteiger partial charge in [-0.2, -0.15) is 0 Å². The van der Waals surface area contributed by atoms with Crippen LogP contribution in [0.3, 0.4) is 0 Å². The molecule has 3 N–H and O–H groups in total. The van der Waals surface area contributed by atoms with E-state index in [1.807, 2.05) is 18.2 Å². The number of para-hydroxylation sites is 4. The molecule has 0 saturated carbocycles. The Balaban J connectivity index is 1.17. The van der Waals surface area contributed by atoms with Crippen molar-refractivity contribution in [2.24, 2.45) is 5.64 Å². The summed E-state index contributed by atoms with van der Waals surface area (Å²) >= 11 is 0. The van der Waals surface area contributed by atoms with Gasteiger partial charge in [0.05, 0.1) is 22.4 Å². The molecule has 0 spiro atoms. The first-order valence-electron chi connectivity index (χ1n) is 17.7. The van der Waals surface area contributed by atoms with Gasteiger partial charge in [-0.05, 0) is 83.6 Å². The first-order chi connectivity index (χ1) is 24.9. The van der Waals surface area contributed by atoms with Gasteiger partial charge < -0.3 is 24.6 Å². The second kappa shape index (κ2) is 11.1. The number of aromatic nitrogens is 1. The van der Waals surface area contributed by atoms with Crippen LogP contribution in [0.4, 0.5) is 11.4 Å². The fourth-order valence-corrected chi connectivity index (χ4v) is 8.64. The van der Waals surface area contributed by atoms with Gasteiger partial charge in [-0.25, -0.2) is 0 Å². The van der Waals surface area contributed by atoms with E-state index >= 15 is 0 Å². The fourth-order valence-electron chi connectivity index (χ4n) is 8.64. The van der Waals surface area contributed by atoms with E-state index in [2.05, 4.69) is 145 Å². The quantitative estimate of drug-likeness (QED) is 0.184. The van der Waals surface area contributed by atoms with Gasteiger partial charge in [0.1, 0.15) is 5.58 Å². The maximum Gasteiger partial charge on any atom is 0.414 e. The van der Waals surface area contributed by atoms with Crippen LogP contribution in [-0.2, 0) is 5.41 Å². The molecule has 1 aliphatic carbocycles. The van der Waals surface area contributed by atoms with Crippen LogP contribution < -0.4 is 16.0 Å². The summed E-state index contributed by atoms with van der Waals surface area (Å²) in [6.45, 7) is 4.70. The highest BCUT2D eigenvalue weighted by Crippen LogP contribution is 2.54. The van der Waals surface area contributed by atoms with E-state index in [1.165, 1.54) is 49.8 Å².